The Morgan fingerprint density at radius 2 is 2.00 bits per heavy atom. The first kappa shape index (κ1) is 16.2. The predicted molar refractivity (Wildman–Crippen MR) is 97.6 cm³/mol. The lowest BCUT2D eigenvalue weighted by atomic mass is 10.2. The molecular formula is C18H19N5O3. The van der Waals surface area contributed by atoms with E-state index in [4.69, 9.17) is 4.74 Å². The van der Waals surface area contributed by atoms with Gasteiger partial charge in [-0.2, -0.15) is 0 Å². The fourth-order valence-corrected chi connectivity index (χ4v) is 3.04. The number of pyridine rings is 1. The number of hydrogen-bond acceptors (Lipinski definition) is 5. The van der Waals surface area contributed by atoms with Crippen LogP contribution in [-0.2, 0) is 4.79 Å². The molecule has 2 aliphatic heterocycles. The lowest BCUT2D eigenvalue weighted by Crippen LogP contribution is -2.50. The molecule has 3 amide bonds. The fourth-order valence-electron chi connectivity index (χ4n) is 3.04. The first-order valence-corrected chi connectivity index (χ1v) is 8.48. The van der Waals surface area contributed by atoms with Crippen molar-refractivity contribution in [3.8, 4) is 5.75 Å². The van der Waals surface area contributed by atoms with Crippen molar-refractivity contribution in [2.75, 3.05) is 48.3 Å². The van der Waals surface area contributed by atoms with Crippen molar-refractivity contribution in [1.29, 1.82) is 0 Å². The minimum Gasteiger partial charge on any atom is -0.482 e. The van der Waals surface area contributed by atoms with Crippen molar-refractivity contribution in [3.63, 3.8) is 0 Å². The smallest absolute Gasteiger partial charge is 0.321 e. The van der Waals surface area contributed by atoms with E-state index in [0.29, 0.717) is 30.2 Å². The summed E-state index contributed by atoms with van der Waals surface area (Å²) in [6.07, 6.45) is 1.77. The Balaban J connectivity index is 1.36. The molecule has 0 radical (unpaired) electrons. The van der Waals surface area contributed by atoms with E-state index in [2.05, 4.69) is 20.5 Å². The van der Waals surface area contributed by atoms with E-state index in [1.165, 1.54) is 0 Å². The van der Waals surface area contributed by atoms with Gasteiger partial charge in [0.25, 0.3) is 5.91 Å². The molecule has 2 N–H and O–H groups in total. The van der Waals surface area contributed by atoms with Crippen LogP contribution < -0.4 is 20.3 Å². The second kappa shape index (κ2) is 6.91. The van der Waals surface area contributed by atoms with Crippen LogP contribution >= 0.6 is 0 Å². The quantitative estimate of drug-likeness (QED) is 0.859. The number of hydrogen-bond donors (Lipinski definition) is 2. The number of anilines is 3. The molecule has 2 aromatic rings. The molecule has 0 saturated carbocycles. The number of carbonyl (C=O) groups is 2. The highest BCUT2D eigenvalue weighted by Gasteiger charge is 2.22. The third-order valence-corrected chi connectivity index (χ3v) is 4.40. The fraction of sp³-hybridized carbons (Fsp3) is 0.278. The number of urea groups is 1. The molecule has 0 bridgehead atoms. The van der Waals surface area contributed by atoms with Crippen molar-refractivity contribution in [1.82, 2.24) is 9.88 Å². The number of rotatable bonds is 2. The SMILES string of the molecule is O=C1COc2ccc(NC(=O)N3CCN(c4ccccn4)CC3)cc2N1. The molecule has 0 unspecified atom stereocenters. The van der Waals surface area contributed by atoms with Gasteiger partial charge in [-0.05, 0) is 30.3 Å². The monoisotopic (exact) mass is 353 g/mol. The first-order valence-electron chi connectivity index (χ1n) is 8.48. The van der Waals surface area contributed by atoms with Gasteiger partial charge in [0.15, 0.2) is 6.61 Å². The molecule has 2 aliphatic rings. The highest BCUT2D eigenvalue weighted by Crippen LogP contribution is 2.30. The van der Waals surface area contributed by atoms with Crippen LogP contribution in [0.15, 0.2) is 42.6 Å². The second-order valence-corrected chi connectivity index (χ2v) is 6.14. The topological polar surface area (TPSA) is 86.8 Å². The molecule has 0 aliphatic carbocycles. The van der Waals surface area contributed by atoms with Crippen LogP contribution in [0.4, 0.5) is 22.0 Å². The van der Waals surface area contributed by atoms with Gasteiger partial charge >= 0.3 is 6.03 Å². The highest BCUT2D eigenvalue weighted by molar-refractivity contribution is 5.97. The van der Waals surface area contributed by atoms with Crippen molar-refractivity contribution in [2.24, 2.45) is 0 Å². The number of amides is 3. The zero-order chi connectivity index (χ0) is 17.9. The molecule has 0 atom stereocenters. The van der Waals surface area contributed by atoms with Gasteiger partial charge in [-0.15, -0.1) is 0 Å². The van der Waals surface area contributed by atoms with Crippen molar-refractivity contribution in [3.05, 3.63) is 42.6 Å². The molecule has 8 heteroatoms. The van der Waals surface area contributed by atoms with Crippen LogP contribution in [0.5, 0.6) is 5.75 Å². The molecule has 0 spiro atoms. The number of ether oxygens (including phenoxy) is 1. The first-order chi connectivity index (χ1) is 12.7. The molecular weight excluding hydrogens is 334 g/mol. The minimum absolute atomic E-state index is 0.0131. The van der Waals surface area contributed by atoms with Crippen LogP contribution in [0.2, 0.25) is 0 Å². The van der Waals surface area contributed by atoms with Crippen LogP contribution in [0.1, 0.15) is 0 Å². The highest BCUT2D eigenvalue weighted by atomic mass is 16.5. The summed E-state index contributed by atoms with van der Waals surface area (Å²) in [5.41, 5.74) is 1.19. The van der Waals surface area contributed by atoms with E-state index < -0.39 is 0 Å². The molecule has 8 nitrogen and oxygen atoms in total. The Morgan fingerprint density at radius 3 is 2.77 bits per heavy atom. The lowest BCUT2D eigenvalue weighted by Gasteiger charge is -2.35. The van der Waals surface area contributed by atoms with Crippen LogP contribution in [0.25, 0.3) is 0 Å². The van der Waals surface area contributed by atoms with Gasteiger partial charge in [-0.1, -0.05) is 6.07 Å². The van der Waals surface area contributed by atoms with Crippen molar-refractivity contribution >= 4 is 29.1 Å². The van der Waals surface area contributed by atoms with E-state index in [1.54, 1.807) is 29.3 Å². The maximum Gasteiger partial charge on any atom is 0.321 e. The van der Waals surface area contributed by atoms with E-state index in [-0.39, 0.29) is 18.5 Å². The number of aromatic nitrogens is 1. The molecule has 1 saturated heterocycles. The average Bonchev–Trinajstić information content (AvgIpc) is 2.68. The summed E-state index contributed by atoms with van der Waals surface area (Å²) in [4.78, 5) is 32.2. The lowest BCUT2D eigenvalue weighted by molar-refractivity contribution is -0.118. The summed E-state index contributed by atoms with van der Waals surface area (Å²) in [5.74, 6) is 1.33. The van der Waals surface area contributed by atoms with E-state index >= 15 is 0 Å². The standard InChI is InChI=1S/C18H19N5O3/c24-17-12-26-15-5-4-13(11-14(15)21-17)20-18(25)23-9-7-22(8-10-23)16-3-1-2-6-19-16/h1-6,11H,7-10,12H2,(H,20,25)(H,21,24). The summed E-state index contributed by atoms with van der Waals surface area (Å²) in [7, 11) is 0. The predicted octanol–water partition coefficient (Wildman–Crippen LogP) is 1.77. The van der Waals surface area contributed by atoms with E-state index in [1.807, 2.05) is 18.2 Å². The molecule has 1 aromatic heterocycles. The van der Waals surface area contributed by atoms with Gasteiger partial charge in [-0.25, -0.2) is 9.78 Å². The third-order valence-electron chi connectivity index (χ3n) is 4.40. The normalized spacial score (nSPS) is 16.4. The Hall–Kier alpha value is -3.29. The summed E-state index contributed by atoms with van der Waals surface area (Å²) in [5, 5.41) is 5.61. The number of fused-ring (bicyclic) bond motifs is 1. The molecule has 4 rings (SSSR count). The zero-order valence-corrected chi connectivity index (χ0v) is 14.1. The molecule has 26 heavy (non-hydrogen) atoms. The summed E-state index contributed by atoms with van der Waals surface area (Å²) < 4.78 is 5.32. The number of carbonyl (C=O) groups excluding carboxylic acids is 2. The Labute approximate surface area is 150 Å². The minimum atomic E-state index is -0.202. The van der Waals surface area contributed by atoms with Gasteiger partial charge in [-0.3, -0.25) is 4.79 Å². The Bertz CT molecular complexity index is 819. The average molecular weight is 353 g/mol. The van der Waals surface area contributed by atoms with E-state index in [9.17, 15) is 9.59 Å². The number of benzene rings is 1. The van der Waals surface area contributed by atoms with Crippen LogP contribution in [-0.4, -0.2) is 54.6 Å². The van der Waals surface area contributed by atoms with Crippen molar-refractivity contribution < 1.29 is 14.3 Å². The number of nitrogens with one attached hydrogen (secondary N) is 2. The molecule has 1 aromatic carbocycles. The van der Waals surface area contributed by atoms with Gasteiger partial charge in [0.1, 0.15) is 11.6 Å². The number of piperazine rings is 1. The van der Waals surface area contributed by atoms with Crippen LogP contribution in [0.3, 0.4) is 0 Å². The largest absolute Gasteiger partial charge is 0.482 e. The van der Waals surface area contributed by atoms with Crippen molar-refractivity contribution in [2.45, 2.75) is 0 Å². The van der Waals surface area contributed by atoms with Gasteiger partial charge in [0.2, 0.25) is 0 Å². The Morgan fingerprint density at radius 1 is 1.15 bits per heavy atom. The zero-order valence-electron chi connectivity index (χ0n) is 14.1. The maximum absolute atomic E-state index is 12.5. The maximum atomic E-state index is 12.5. The van der Waals surface area contributed by atoms with Crippen LogP contribution in [0, 0.1) is 0 Å². The van der Waals surface area contributed by atoms with Gasteiger partial charge in [0, 0.05) is 38.1 Å². The van der Waals surface area contributed by atoms with E-state index in [0.717, 1.165) is 18.9 Å². The Kier molecular flexibility index (Phi) is 4.30. The third kappa shape index (κ3) is 3.39. The van der Waals surface area contributed by atoms with Gasteiger partial charge < -0.3 is 25.2 Å². The summed E-state index contributed by atoms with van der Waals surface area (Å²) in [6.45, 7) is 2.72. The number of nitrogens with zero attached hydrogens (tertiary/aromatic N) is 3. The molecule has 134 valence electrons. The molecule has 1 fully saturated rings. The summed E-state index contributed by atoms with van der Waals surface area (Å²) in [6, 6.07) is 10.9. The summed E-state index contributed by atoms with van der Waals surface area (Å²) >= 11 is 0. The van der Waals surface area contributed by atoms with Gasteiger partial charge in [0.05, 0.1) is 5.69 Å². The second-order valence-electron chi connectivity index (χ2n) is 6.14. The molecule has 3 heterocycles.